The zero-order valence-electron chi connectivity index (χ0n) is 18.1. The van der Waals surface area contributed by atoms with Crippen molar-refractivity contribution >= 4 is 29.1 Å². The number of halogens is 1. The van der Waals surface area contributed by atoms with Gasteiger partial charge in [0, 0.05) is 32.6 Å². The molecule has 1 atom stereocenters. The maximum atomic E-state index is 12.7. The Bertz CT molecular complexity index is 888. The van der Waals surface area contributed by atoms with Crippen molar-refractivity contribution in [3.8, 4) is 5.75 Å². The number of rotatable bonds is 7. The third-order valence-electron chi connectivity index (χ3n) is 5.73. The molecule has 1 aliphatic heterocycles. The highest BCUT2D eigenvalue weighted by Gasteiger charge is 2.26. The normalized spacial score (nSPS) is 15.8. The fraction of sp³-hybridized carbons (Fsp3) is 0.417. The predicted octanol–water partition coefficient (Wildman–Crippen LogP) is 3.84. The summed E-state index contributed by atoms with van der Waals surface area (Å²) in [5, 5.41) is 3.43. The van der Waals surface area contributed by atoms with E-state index in [9.17, 15) is 9.59 Å². The highest BCUT2D eigenvalue weighted by molar-refractivity contribution is 6.33. The van der Waals surface area contributed by atoms with Crippen LogP contribution < -0.4 is 10.1 Å². The molecule has 3 rings (SSSR count). The second kappa shape index (κ2) is 11.2. The Kier molecular flexibility index (Phi) is 8.32. The van der Waals surface area contributed by atoms with E-state index in [4.69, 9.17) is 16.3 Å². The molecule has 2 aromatic carbocycles. The first kappa shape index (κ1) is 23.1. The van der Waals surface area contributed by atoms with Gasteiger partial charge < -0.3 is 15.0 Å². The van der Waals surface area contributed by atoms with E-state index in [1.165, 1.54) is 0 Å². The van der Waals surface area contributed by atoms with Gasteiger partial charge in [0.15, 0.2) is 0 Å². The summed E-state index contributed by atoms with van der Waals surface area (Å²) in [6, 6.07) is 14.7. The van der Waals surface area contributed by atoms with Crippen LogP contribution in [0.25, 0.3) is 0 Å². The summed E-state index contributed by atoms with van der Waals surface area (Å²) in [5.74, 6) is 0.883. The van der Waals surface area contributed by atoms with Gasteiger partial charge in [0.25, 0.3) is 0 Å². The number of ether oxygens (including phenoxy) is 1. The quantitative estimate of drug-likeness (QED) is 0.706. The summed E-state index contributed by atoms with van der Waals surface area (Å²) in [5.41, 5.74) is 1.74. The lowest BCUT2D eigenvalue weighted by Gasteiger charge is -2.27. The molecule has 0 aliphatic carbocycles. The minimum absolute atomic E-state index is 0.0904. The van der Waals surface area contributed by atoms with E-state index in [1.54, 1.807) is 19.2 Å². The molecule has 1 N–H and O–H groups in total. The number of carbonyl (C=O) groups excluding carboxylic acids is 2. The molecule has 1 heterocycles. The molecule has 0 radical (unpaired) electrons. The van der Waals surface area contributed by atoms with Crippen molar-refractivity contribution in [1.82, 2.24) is 9.80 Å². The Labute approximate surface area is 189 Å². The van der Waals surface area contributed by atoms with Crippen LogP contribution in [0.15, 0.2) is 48.5 Å². The molecule has 2 amide bonds. The van der Waals surface area contributed by atoms with Gasteiger partial charge in [0.1, 0.15) is 5.75 Å². The summed E-state index contributed by atoms with van der Waals surface area (Å²) in [4.78, 5) is 29.5. The van der Waals surface area contributed by atoms with E-state index in [0.717, 1.165) is 30.8 Å². The van der Waals surface area contributed by atoms with Crippen LogP contribution in [0.1, 0.15) is 25.3 Å². The first-order valence-corrected chi connectivity index (χ1v) is 11.1. The monoisotopic (exact) mass is 443 g/mol. The van der Waals surface area contributed by atoms with Crippen LogP contribution in [0.4, 0.5) is 5.69 Å². The van der Waals surface area contributed by atoms with E-state index in [2.05, 4.69) is 10.2 Å². The predicted molar refractivity (Wildman–Crippen MR) is 124 cm³/mol. The minimum atomic E-state index is -0.300. The number of benzene rings is 2. The van der Waals surface area contributed by atoms with Gasteiger partial charge in [-0.05, 0) is 49.6 Å². The summed E-state index contributed by atoms with van der Waals surface area (Å²) < 4.78 is 5.17. The second-order valence-electron chi connectivity index (χ2n) is 7.76. The number of amides is 2. The van der Waals surface area contributed by atoms with Crippen molar-refractivity contribution < 1.29 is 14.3 Å². The first-order valence-electron chi connectivity index (χ1n) is 10.7. The number of methoxy groups -OCH3 is 1. The van der Waals surface area contributed by atoms with Crippen LogP contribution in [-0.4, -0.2) is 60.9 Å². The number of carbonyl (C=O) groups is 2. The van der Waals surface area contributed by atoms with Crippen molar-refractivity contribution in [3.63, 3.8) is 0 Å². The van der Waals surface area contributed by atoms with Crippen molar-refractivity contribution in [3.05, 3.63) is 59.1 Å². The van der Waals surface area contributed by atoms with Gasteiger partial charge >= 0.3 is 0 Å². The lowest BCUT2D eigenvalue weighted by molar-refractivity contribution is -0.131. The van der Waals surface area contributed by atoms with Crippen molar-refractivity contribution in [2.75, 3.05) is 38.6 Å². The molecule has 1 fully saturated rings. The topological polar surface area (TPSA) is 61.9 Å². The average molecular weight is 444 g/mol. The number of anilines is 1. The number of hydrogen-bond donors (Lipinski definition) is 1. The lowest BCUT2D eigenvalue weighted by Crippen LogP contribution is -2.44. The van der Waals surface area contributed by atoms with Gasteiger partial charge in [-0.25, -0.2) is 0 Å². The zero-order valence-corrected chi connectivity index (χ0v) is 18.9. The van der Waals surface area contributed by atoms with Crippen molar-refractivity contribution in [2.24, 2.45) is 0 Å². The van der Waals surface area contributed by atoms with Gasteiger partial charge in [-0.2, -0.15) is 0 Å². The summed E-state index contributed by atoms with van der Waals surface area (Å²) in [6.07, 6.45) is 2.03. The Morgan fingerprint density at radius 2 is 1.81 bits per heavy atom. The molecule has 6 nitrogen and oxygen atoms in total. The van der Waals surface area contributed by atoms with Gasteiger partial charge in [0.2, 0.25) is 11.8 Å². The standard InChI is InChI=1S/C24H30ClN3O3/c1-18(24(30)26-22-7-4-3-6-21(22)25)27-14-5-15-28(17-16-27)23(29)13-10-19-8-11-20(31-2)12-9-19/h3-4,6-9,11-12,18H,5,10,13-17H2,1-2H3,(H,26,30). The Morgan fingerprint density at radius 1 is 1.06 bits per heavy atom. The van der Waals surface area contributed by atoms with Crippen LogP contribution in [0.3, 0.4) is 0 Å². The Balaban J connectivity index is 1.48. The molecule has 0 aromatic heterocycles. The van der Waals surface area contributed by atoms with Gasteiger partial charge in [-0.1, -0.05) is 35.9 Å². The molecular formula is C24H30ClN3O3. The van der Waals surface area contributed by atoms with Crippen molar-refractivity contribution in [2.45, 2.75) is 32.2 Å². The largest absolute Gasteiger partial charge is 0.497 e. The fourth-order valence-electron chi connectivity index (χ4n) is 3.74. The third kappa shape index (κ3) is 6.45. The van der Waals surface area contributed by atoms with E-state index in [-0.39, 0.29) is 17.9 Å². The van der Waals surface area contributed by atoms with E-state index < -0.39 is 0 Å². The summed E-state index contributed by atoms with van der Waals surface area (Å²) in [7, 11) is 1.64. The molecule has 0 bridgehead atoms. The summed E-state index contributed by atoms with van der Waals surface area (Å²) in [6.45, 7) is 4.69. The molecule has 2 aromatic rings. The molecule has 7 heteroatoms. The van der Waals surface area contributed by atoms with Crippen LogP contribution in [0, 0.1) is 0 Å². The number of para-hydroxylation sites is 1. The third-order valence-corrected chi connectivity index (χ3v) is 6.06. The molecule has 1 saturated heterocycles. The molecular weight excluding hydrogens is 414 g/mol. The fourth-order valence-corrected chi connectivity index (χ4v) is 3.92. The van der Waals surface area contributed by atoms with E-state index >= 15 is 0 Å². The number of nitrogens with one attached hydrogen (secondary N) is 1. The highest BCUT2D eigenvalue weighted by Crippen LogP contribution is 2.21. The Morgan fingerprint density at radius 3 is 2.52 bits per heavy atom. The van der Waals surface area contributed by atoms with Gasteiger partial charge in [0.05, 0.1) is 23.9 Å². The van der Waals surface area contributed by atoms with Gasteiger partial charge in [-0.15, -0.1) is 0 Å². The van der Waals surface area contributed by atoms with Crippen LogP contribution in [0.5, 0.6) is 5.75 Å². The van der Waals surface area contributed by atoms with E-state index in [0.29, 0.717) is 36.6 Å². The minimum Gasteiger partial charge on any atom is -0.497 e. The van der Waals surface area contributed by atoms with Crippen molar-refractivity contribution in [1.29, 1.82) is 0 Å². The molecule has 0 spiro atoms. The molecule has 31 heavy (non-hydrogen) atoms. The molecule has 166 valence electrons. The maximum Gasteiger partial charge on any atom is 0.241 e. The second-order valence-corrected chi connectivity index (χ2v) is 8.17. The first-order chi connectivity index (χ1) is 15.0. The van der Waals surface area contributed by atoms with E-state index in [1.807, 2.05) is 48.2 Å². The number of aryl methyl sites for hydroxylation is 1. The number of nitrogens with zero attached hydrogens (tertiary/aromatic N) is 2. The maximum absolute atomic E-state index is 12.7. The SMILES string of the molecule is COc1ccc(CCC(=O)N2CCCN(C(C)C(=O)Nc3ccccc3Cl)CC2)cc1. The summed E-state index contributed by atoms with van der Waals surface area (Å²) >= 11 is 6.15. The van der Waals surface area contributed by atoms with Crippen LogP contribution in [0.2, 0.25) is 5.02 Å². The Hall–Kier alpha value is -2.57. The lowest BCUT2D eigenvalue weighted by atomic mass is 10.1. The van der Waals surface area contributed by atoms with Crippen LogP contribution in [-0.2, 0) is 16.0 Å². The zero-order chi connectivity index (χ0) is 22.2. The van der Waals surface area contributed by atoms with Crippen LogP contribution >= 0.6 is 11.6 Å². The highest BCUT2D eigenvalue weighted by atomic mass is 35.5. The molecule has 1 unspecified atom stereocenters. The number of hydrogen-bond acceptors (Lipinski definition) is 4. The molecule has 0 saturated carbocycles. The van der Waals surface area contributed by atoms with Gasteiger partial charge in [-0.3, -0.25) is 14.5 Å². The average Bonchev–Trinajstić information content (AvgIpc) is 3.05. The molecule has 1 aliphatic rings. The smallest absolute Gasteiger partial charge is 0.241 e.